The van der Waals surface area contributed by atoms with Crippen LogP contribution in [0.2, 0.25) is 0 Å². The maximum atomic E-state index is 12.7. The molecule has 2 aliphatic rings. The third kappa shape index (κ3) is 2.75. The summed E-state index contributed by atoms with van der Waals surface area (Å²) in [6, 6.07) is 13.2. The van der Waals surface area contributed by atoms with Crippen molar-refractivity contribution in [3.8, 4) is 0 Å². The van der Waals surface area contributed by atoms with Crippen LogP contribution in [0.1, 0.15) is 12.8 Å². The first-order chi connectivity index (χ1) is 13.3. The summed E-state index contributed by atoms with van der Waals surface area (Å²) in [7, 11) is 0. The molecule has 0 fully saturated rings. The van der Waals surface area contributed by atoms with Crippen molar-refractivity contribution >= 4 is 27.6 Å². The van der Waals surface area contributed by atoms with Gasteiger partial charge in [-0.05, 0) is 29.9 Å². The Hall–Kier alpha value is -3.53. The van der Waals surface area contributed by atoms with E-state index < -0.39 is 0 Å². The van der Waals surface area contributed by atoms with E-state index in [1.54, 1.807) is 17.4 Å². The molecule has 4 heteroatoms. The lowest BCUT2D eigenvalue weighted by molar-refractivity contribution is 0.347. The Morgan fingerprint density at radius 2 is 1.96 bits per heavy atom. The van der Waals surface area contributed by atoms with Gasteiger partial charge in [0.05, 0.1) is 11.6 Å². The van der Waals surface area contributed by atoms with Crippen LogP contribution >= 0.6 is 0 Å². The molecular formula is C23H17NO3. The second kappa shape index (κ2) is 6.32. The summed E-state index contributed by atoms with van der Waals surface area (Å²) in [5.74, 6) is 1.23. The first-order valence-electron chi connectivity index (χ1n) is 8.95. The highest BCUT2D eigenvalue weighted by atomic mass is 16.5. The standard InChI is InChI=1S/C23H17NO3/c25-20-14-22(24-12-13-26-21(15-24)17-7-2-1-3-8-17)27-23-18-9-5-4-6-16(18)10-11-19(20)23/h1-2,4-7,9-15H,3,8H2. The summed E-state index contributed by atoms with van der Waals surface area (Å²) in [5, 5.41) is 2.55. The number of allylic oxidation sites excluding steroid dienone is 4. The largest absolute Gasteiger partial charge is 0.462 e. The van der Waals surface area contributed by atoms with Crippen LogP contribution in [-0.2, 0) is 4.74 Å². The minimum absolute atomic E-state index is 0.0633. The normalized spacial score (nSPS) is 16.4. The number of anilines is 1. The molecule has 0 unspecified atom stereocenters. The molecule has 0 bridgehead atoms. The van der Waals surface area contributed by atoms with Crippen molar-refractivity contribution < 1.29 is 9.15 Å². The lowest BCUT2D eigenvalue weighted by Gasteiger charge is -2.22. The fourth-order valence-corrected chi connectivity index (χ4v) is 3.47. The van der Waals surface area contributed by atoms with Gasteiger partial charge >= 0.3 is 0 Å². The molecule has 0 radical (unpaired) electrons. The Labute approximate surface area is 156 Å². The topological polar surface area (TPSA) is 42.7 Å². The minimum Gasteiger partial charge on any atom is -0.462 e. The van der Waals surface area contributed by atoms with Crippen molar-refractivity contribution in [2.45, 2.75) is 12.8 Å². The number of ether oxygens (including phenoxy) is 1. The Balaban J connectivity index is 1.65. The van der Waals surface area contributed by atoms with Crippen LogP contribution in [0.15, 0.2) is 99.9 Å². The van der Waals surface area contributed by atoms with Gasteiger partial charge in [0.1, 0.15) is 17.6 Å². The molecule has 0 atom stereocenters. The fourth-order valence-electron chi connectivity index (χ4n) is 3.47. The Kier molecular flexibility index (Phi) is 3.68. The minimum atomic E-state index is -0.0633. The smallest absolute Gasteiger partial charge is 0.208 e. The Morgan fingerprint density at radius 3 is 2.85 bits per heavy atom. The second-order valence-corrected chi connectivity index (χ2v) is 6.57. The average Bonchev–Trinajstić information content (AvgIpc) is 2.74. The van der Waals surface area contributed by atoms with Crippen molar-refractivity contribution in [3.05, 3.63) is 101 Å². The summed E-state index contributed by atoms with van der Waals surface area (Å²) in [6.45, 7) is 0. The van der Waals surface area contributed by atoms with E-state index in [1.807, 2.05) is 48.7 Å². The average molecular weight is 355 g/mol. The van der Waals surface area contributed by atoms with Crippen molar-refractivity contribution in [2.75, 3.05) is 4.90 Å². The van der Waals surface area contributed by atoms with Crippen LogP contribution in [-0.4, -0.2) is 0 Å². The Bertz CT molecular complexity index is 1230. The highest BCUT2D eigenvalue weighted by molar-refractivity contribution is 6.04. The molecule has 2 aromatic carbocycles. The number of hydrogen-bond acceptors (Lipinski definition) is 4. The third-order valence-corrected chi connectivity index (χ3v) is 4.86. The zero-order valence-corrected chi connectivity index (χ0v) is 14.6. The number of fused-ring (bicyclic) bond motifs is 3. The van der Waals surface area contributed by atoms with Gasteiger partial charge in [0, 0.05) is 17.7 Å². The monoisotopic (exact) mass is 355 g/mol. The molecule has 0 amide bonds. The van der Waals surface area contributed by atoms with Crippen molar-refractivity contribution in [1.82, 2.24) is 0 Å². The van der Waals surface area contributed by atoms with Crippen molar-refractivity contribution in [1.29, 1.82) is 0 Å². The molecule has 27 heavy (non-hydrogen) atoms. The number of nitrogens with zero attached hydrogens (tertiary/aromatic N) is 1. The van der Waals surface area contributed by atoms with Gasteiger partial charge in [-0.1, -0.05) is 48.6 Å². The highest BCUT2D eigenvalue weighted by Gasteiger charge is 2.17. The quantitative estimate of drug-likeness (QED) is 0.580. The SMILES string of the molecule is O=c1cc(N2C=COC(C3=CC=CCC3)=C2)oc2c1ccc1ccccc12. The van der Waals surface area contributed by atoms with Gasteiger partial charge in [-0.15, -0.1) is 0 Å². The molecular weight excluding hydrogens is 338 g/mol. The summed E-state index contributed by atoms with van der Waals surface area (Å²) in [5.41, 5.74) is 1.66. The highest BCUT2D eigenvalue weighted by Crippen LogP contribution is 2.30. The molecule has 0 saturated carbocycles. The van der Waals surface area contributed by atoms with E-state index in [1.165, 1.54) is 6.07 Å². The molecule has 5 rings (SSSR count). The number of benzene rings is 2. The molecule has 0 saturated heterocycles. The molecule has 1 aliphatic heterocycles. The Morgan fingerprint density at radius 1 is 1.04 bits per heavy atom. The van der Waals surface area contributed by atoms with Crippen LogP contribution < -0.4 is 10.3 Å². The van der Waals surface area contributed by atoms with Crippen molar-refractivity contribution in [3.63, 3.8) is 0 Å². The maximum absolute atomic E-state index is 12.7. The zero-order valence-electron chi connectivity index (χ0n) is 14.6. The van der Waals surface area contributed by atoms with Crippen LogP contribution in [0, 0.1) is 0 Å². The van der Waals surface area contributed by atoms with E-state index in [9.17, 15) is 4.79 Å². The van der Waals surface area contributed by atoms with E-state index in [2.05, 4.69) is 12.2 Å². The van der Waals surface area contributed by atoms with E-state index in [0.717, 1.165) is 34.9 Å². The summed E-state index contributed by atoms with van der Waals surface area (Å²) in [6.07, 6.45) is 13.4. The summed E-state index contributed by atoms with van der Waals surface area (Å²) >= 11 is 0. The van der Waals surface area contributed by atoms with Gasteiger partial charge in [-0.2, -0.15) is 0 Å². The van der Waals surface area contributed by atoms with E-state index in [4.69, 9.17) is 9.15 Å². The van der Waals surface area contributed by atoms with Gasteiger partial charge in [0.25, 0.3) is 0 Å². The predicted octanol–water partition coefficient (Wildman–Crippen LogP) is 5.37. The molecule has 0 spiro atoms. The molecule has 0 N–H and O–H groups in total. The third-order valence-electron chi connectivity index (χ3n) is 4.86. The van der Waals surface area contributed by atoms with Gasteiger partial charge < -0.3 is 9.15 Å². The van der Waals surface area contributed by atoms with Crippen molar-refractivity contribution in [2.24, 2.45) is 0 Å². The fraction of sp³-hybridized carbons (Fsp3) is 0.0870. The summed E-state index contributed by atoms with van der Waals surface area (Å²) < 4.78 is 11.8. The molecule has 1 aliphatic carbocycles. The van der Waals surface area contributed by atoms with Gasteiger partial charge in [0.2, 0.25) is 5.88 Å². The number of hydrogen-bond donors (Lipinski definition) is 0. The lowest BCUT2D eigenvalue weighted by atomic mass is 10.0. The molecule has 3 aromatic rings. The first kappa shape index (κ1) is 15.7. The zero-order chi connectivity index (χ0) is 18.2. The molecule has 132 valence electrons. The maximum Gasteiger partial charge on any atom is 0.208 e. The molecule has 4 nitrogen and oxygen atoms in total. The lowest BCUT2D eigenvalue weighted by Crippen LogP contribution is -2.16. The van der Waals surface area contributed by atoms with Gasteiger partial charge in [-0.3, -0.25) is 9.69 Å². The van der Waals surface area contributed by atoms with Gasteiger partial charge in [-0.25, -0.2) is 0 Å². The van der Waals surface area contributed by atoms with Crippen LogP contribution in [0.25, 0.3) is 21.7 Å². The van der Waals surface area contributed by atoms with Crippen LogP contribution in [0.5, 0.6) is 0 Å². The van der Waals surface area contributed by atoms with E-state index in [0.29, 0.717) is 16.9 Å². The summed E-state index contributed by atoms with van der Waals surface area (Å²) in [4.78, 5) is 14.5. The second-order valence-electron chi connectivity index (χ2n) is 6.57. The van der Waals surface area contributed by atoms with Crippen LogP contribution in [0.4, 0.5) is 5.88 Å². The van der Waals surface area contributed by atoms with E-state index >= 15 is 0 Å². The predicted molar refractivity (Wildman–Crippen MR) is 107 cm³/mol. The number of rotatable bonds is 2. The molecule has 1 aromatic heterocycles. The van der Waals surface area contributed by atoms with Gasteiger partial charge in [0.15, 0.2) is 5.43 Å². The molecule has 2 heterocycles. The van der Waals surface area contributed by atoms with Crippen LogP contribution in [0.3, 0.4) is 0 Å². The van der Waals surface area contributed by atoms with E-state index in [-0.39, 0.29) is 5.43 Å². The first-order valence-corrected chi connectivity index (χ1v) is 8.95.